The van der Waals surface area contributed by atoms with E-state index < -0.39 is 0 Å². The molecular weight excluding hydrogens is 258 g/mol. The van der Waals surface area contributed by atoms with Crippen LogP contribution in [0, 0.1) is 0 Å². The van der Waals surface area contributed by atoms with Crippen molar-refractivity contribution in [3.8, 4) is 0 Å². The molecule has 0 N–H and O–H groups in total. The van der Waals surface area contributed by atoms with E-state index in [9.17, 15) is 0 Å². The molecule has 0 aliphatic carbocycles. The summed E-state index contributed by atoms with van der Waals surface area (Å²) in [7, 11) is 0. The Labute approximate surface area is 117 Å². The van der Waals surface area contributed by atoms with Gasteiger partial charge < -0.3 is 9.64 Å². The normalized spacial score (nSPS) is 24.1. The maximum Gasteiger partial charge on any atom is 0.140 e. The minimum atomic E-state index is 0.248. The number of morpholine rings is 1. The highest BCUT2D eigenvalue weighted by Gasteiger charge is 2.24. The van der Waals surface area contributed by atoms with Crippen LogP contribution in [0.15, 0.2) is 12.4 Å². The number of fused-ring (bicyclic) bond motifs is 1. The Morgan fingerprint density at radius 3 is 2.74 bits per heavy atom. The number of rotatable bonds is 2. The number of aryl methyl sites for hydroxylation is 1. The summed E-state index contributed by atoms with van der Waals surface area (Å²) in [6.07, 6.45) is 3.23. The summed E-state index contributed by atoms with van der Waals surface area (Å²) in [4.78, 5) is 13.7. The smallest absolute Gasteiger partial charge is 0.140 e. The molecule has 2 atom stereocenters. The van der Waals surface area contributed by atoms with E-state index in [1.807, 2.05) is 0 Å². The van der Waals surface area contributed by atoms with Crippen LogP contribution in [0.5, 0.6) is 0 Å². The van der Waals surface area contributed by atoms with Crippen molar-refractivity contribution in [2.75, 3.05) is 18.0 Å². The molecule has 19 heavy (non-hydrogen) atoms. The highest BCUT2D eigenvalue weighted by Crippen LogP contribution is 2.31. The molecular formula is C14H19N3OS. The SMILES string of the molecule is CCc1cc2c(N3C[C@@H](C)O[C@H](C)C3)ncnc2s1. The van der Waals surface area contributed by atoms with Gasteiger partial charge in [-0.3, -0.25) is 0 Å². The van der Waals surface area contributed by atoms with Crippen molar-refractivity contribution < 1.29 is 4.74 Å². The molecule has 2 aromatic heterocycles. The van der Waals surface area contributed by atoms with Crippen LogP contribution in [-0.4, -0.2) is 35.3 Å². The Hall–Kier alpha value is -1.20. The summed E-state index contributed by atoms with van der Waals surface area (Å²) < 4.78 is 5.79. The molecule has 2 aromatic rings. The van der Waals surface area contributed by atoms with Gasteiger partial charge >= 0.3 is 0 Å². The van der Waals surface area contributed by atoms with Gasteiger partial charge in [-0.2, -0.15) is 0 Å². The Bertz CT molecular complexity index is 573. The first-order valence-electron chi connectivity index (χ1n) is 6.81. The first-order chi connectivity index (χ1) is 9.17. The summed E-state index contributed by atoms with van der Waals surface area (Å²) >= 11 is 1.77. The van der Waals surface area contributed by atoms with Gasteiger partial charge in [-0.05, 0) is 26.3 Å². The minimum Gasteiger partial charge on any atom is -0.372 e. The Kier molecular flexibility index (Phi) is 3.41. The van der Waals surface area contributed by atoms with E-state index >= 15 is 0 Å². The fourth-order valence-corrected chi connectivity index (χ4v) is 3.60. The van der Waals surface area contributed by atoms with E-state index in [2.05, 4.69) is 41.7 Å². The maximum absolute atomic E-state index is 5.79. The van der Waals surface area contributed by atoms with E-state index in [1.54, 1.807) is 17.7 Å². The lowest BCUT2D eigenvalue weighted by Gasteiger charge is -2.36. The third-order valence-corrected chi connectivity index (χ3v) is 4.61. The Morgan fingerprint density at radius 1 is 1.32 bits per heavy atom. The van der Waals surface area contributed by atoms with Crippen molar-refractivity contribution in [2.24, 2.45) is 0 Å². The highest BCUT2D eigenvalue weighted by atomic mass is 32.1. The van der Waals surface area contributed by atoms with Crippen LogP contribution in [0.25, 0.3) is 10.2 Å². The molecule has 0 unspecified atom stereocenters. The lowest BCUT2D eigenvalue weighted by atomic mass is 10.2. The molecule has 0 aromatic carbocycles. The first-order valence-corrected chi connectivity index (χ1v) is 7.63. The van der Waals surface area contributed by atoms with Gasteiger partial charge in [-0.15, -0.1) is 11.3 Å². The number of ether oxygens (including phenoxy) is 1. The quantitative estimate of drug-likeness (QED) is 0.846. The third-order valence-electron chi connectivity index (χ3n) is 3.43. The van der Waals surface area contributed by atoms with Crippen LogP contribution in [0.1, 0.15) is 25.6 Å². The molecule has 0 amide bonds. The third kappa shape index (κ3) is 2.44. The molecule has 1 fully saturated rings. The molecule has 0 saturated carbocycles. The molecule has 0 radical (unpaired) electrons. The zero-order valence-electron chi connectivity index (χ0n) is 11.6. The molecule has 0 spiro atoms. The second-order valence-corrected chi connectivity index (χ2v) is 6.26. The monoisotopic (exact) mass is 277 g/mol. The van der Waals surface area contributed by atoms with Gasteiger partial charge in [-0.1, -0.05) is 6.92 Å². The van der Waals surface area contributed by atoms with Gasteiger partial charge in [0, 0.05) is 18.0 Å². The van der Waals surface area contributed by atoms with E-state index in [4.69, 9.17) is 4.74 Å². The average molecular weight is 277 g/mol. The van der Waals surface area contributed by atoms with Crippen LogP contribution in [0.3, 0.4) is 0 Å². The van der Waals surface area contributed by atoms with Crippen LogP contribution in [0.2, 0.25) is 0 Å². The van der Waals surface area contributed by atoms with E-state index in [-0.39, 0.29) is 12.2 Å². The molecule has 1 saturated heterocycles. The van der Waals surface area contributed by atoms with Gasteiger partial charge in [0.2, 0.25) is 0 Å². The Balaban J connectivity index is 2.01. The molecule has 0 bridgehead atoms. The number of anilines is 1. The van der Waals surface area contributed by atoms with Crippen LogP contribution < -0.4 is 4.90 Å². The molecule has 5 heteroatoms. The van der Waals surface area contributed by atoms with Crippen LogP contribution >= 0.6 is 11.3 Å². The molecule has 1 aliphatic rings. The molecule has 1 aliphatic heterocycles. The van der Waals surface area contributed by atoms with Crippen molar-refractivity contribution in [2.45, 2.75) is 39.4 Å². The van der Waals surface area contributed by atoms with Crippen molar-refractivity contribution in [1.82, 2.24) is 9.97 Å². The lowest BCUT2D eigenvalue weighted by molar-refractivity contribution is -0.00537. The molecule has 3 heterocycles. The van der Waals surface area contributed by atoms with Crippen LogP contribution in [-0.2, 0) is 11.2 Å². The summed E-state index contributed by atoms with van der Waals surface area (Å²) in [5.41, 5.74) is 0. The van der Waals surface area contributed by atoms with Crippen molar-refractivity contribution in [3.63, 3.8) is 0 Å². The predicted molar refractivity (Wildman–Crippen MR) is 79.0 cm³/mol. The van der Waals surface area contributed by atoms with Gasteiger partial charge in [0.05, 0.1) is 17.6 Å². The summed E-state index contributed by atoms with van der Waals surface area (Å²) in [5, 5.41) is 1.19. The standard InChI is InChI=1S/C14H19N3OS/c1-4-11-5-12-13(15-8-16-14(12)19-11)17-6-9(2)18-10(3)7-17/h5,8-10H,4,6-7H2,1-3H3/t9-,10-/m1/s1. The minimum absolute atomic E-state index is 0.248. The summed E-state index contributed by atoms with van der Waals surface area (Å²) in [6.45, 7) is 8.20. The van der Waals surface area contributed by atoms with Crippen molar-refractivity contribution in [3.05, 3.63) is 17.3 Å². The van der Waals surface area contributed by atoms with Gasteiger partial charge in [0.25, 0.3) is 0 Å². The first kappa shape index (κ1) is 12.8. The van der Waals surface area contributed by atoms with Gasteiger partial charge in [0.1, 0.15) is 17.0 Å². The van der Waals surface area contributed by atoms with Crippen molar-refractivity contribution >= 4 is 27.4 Å². The number of thiophene rings is 1. The summed E-state index contributed by atoms with van der Waals surface area (Å²) in [6, 6.07) is 2.24. The topological polar surface area (TPSA) is 38.2 Å². The second-order valence-electron chi connectivity index (χ2n) is 5.14. The largest absolute Gasteiger partial charge is 0.372 e. The number of aromatic nitrogens is 2. The van der Waals surface area contributed by atoms with E-state index in [1.165, 1.54) is 10.3 Å². The van der Waals surface area contributed by atoms with E-state index in [0.29, 0.717) is 0 Å². The fourth-order valence-electron chi connectivity index (χ4n) is 2.67. The predicted octanol–water partition coefficient (Wildman–Crippen LogP) is 2.87. The molecule has 102 valence electrons. The van der Waals surface area contributed by atoms with Gasteiger partial charge in [-0.25, -0.2) is 9.97 Å². The lowest BCUT2D eigenvalue weighted by Crippen LogP contribution is -2.45. The molecule has 3 rings (SSSR count). The number of hydrogen-bond donors (Lipinski definition) is 0. The second kappa shape index (κ2) is 5.06. The maximum atomic E-state index is 5.79. The highest BCUT2D eigenvalue weighted by molar-refractivity contribution is 7.18. The Morgan fingerprint density at radius 2 is 2.05 bits per heavy atom. The summed E-state index contributed by atoms with van der Waals surface area (Å²) in [5.74, 6) is 1.06. The average Bonchev–Trinajstić information content (AvgIpc) is 2.80. The zero-order valence-corrected chi connectivity index (χ0v) is 12.4. The van der Waals surface area contributed by atoms with E-state index in [0.717, 1.165) is 30.2 Å². The molecule has 4 nitrogen and oxygen atoms in total. The number of hydrogen-bond acceptors (Lipinski definition) is 5. The number of nitrogens with zero attached hydrogens (tertiary/aromatic N) is 3. The van der Waals surface area contributed by atoms with Gasteiger partial charge in [0.15, 0.2) is 0 Å². The van der Waals surface area contributed by atoms with Crippen LogP contribution in [0.4, 0.5) is 5.82 Å². The fraction of sp³-hybridized carbons (Fsp3) is 0.571. The van der Waals surface area contributed by atoms with Crippen molar-refractivity contribution in [1.29, 1.82) is 0 Å². The zero-order chi connectivity index (χ0) is 13.4.